The third kappa shape index (κ3) is 4.23. The number of carbonyl (C=O) groups is 4. The molecule has 1 aliphatic carbocycles. The van der Waals surface area contributed by atoms with Crippen molar-refractivity contribution < 1.29 is 23.9 Å². The number of benzene rings is 1. The second-order valence-corrected chi connectivity index (χ2v) is 7.81. The molecular formula is C22H26N2O5. The Bertz CT molecular complexity index is 855. The van der Waals surface area contributed by atoms with Crippen LogP contribution in [0.4, 0.5) is 5.69 Å². The van der Waals surface area contributed by atoms with E-state index in [1.165, 1.54) is 6.92 Å². The summed E-state index contributed by atoms with van der Waals surface area (Å²) in [5, 5.41) is 2.79. The molecule has 1 N–H and O–H groups in total. The lowest BCUT2D eigenvalue weighted by molar-refractivity contribution is -0.158. The zero-order chi connectivity index (χ0) is 21.3. The summed E-state index contributed by atoms with van der Waals surface area (Å²) in [4.78, 5) is 50.6. The third-order valence-corrected chi connectivity index (χ3v) is 5.49. The van der Waals surface area contributed by atoms with Crippen LogP contribution in [-0.2, 0) is 23.9 Å². The first-order valence-corrected chi connectivity index (χ1v) is 9.77. The van der Waals surface area contributed by atoms with Crippen molar-refractivity contribution in [2.75, 3.05) is 11.9 Å². The van der Waals surface area contributed by atoms with Crippen molar-refractivity contribution in [3.05, 3.63) is 41.0 Å². The number of likely N-dealkylation sites (tertiary alicyclic amines) is 1. The van der Waals surface area contributed by atoms with Gasteiger partial charge in [0.15, 0.2) is 6.10 Å². The van der Waals surface area contributed by atoms with Crippen LogP contribution in [0.1, 0.15) is 36.5 Å². The maximum absolute atomic E-state index is 12.5. The largest absolute Gasteiger partial charge is 0.451 e. The summed E-state index contributed by atoms with van der Waals surface area (Å²) in [5.74, 6) is -2.72. The van der Waals surface area contributed by atoms with E-state index in [0.717, 1.165) is 21.6 Å². The predicted molar refractivity (Wildman–Crippen MR) is 107 cm³/mol. The van der Waals surface area contributed by atoms with E-state index in [2.05, 4.69) is 5.32 Å². The molecule has 29 heavy (non-hydrogen) atoms. The molecule has 154 valence electrons. The molecule has 0 spiro atoms. The molecule has 1 fully saturated rings. The van der Waals surface area contributed by atoms with Gasteiger partial charge >= 0.3 is 5.97 Å². The lowest BCUT2D eigenvalue weighted by atomic mass is 9.85. The Morgan fingerprint density at radius 1 is 1.07 bits per heavy atom. The highest BCUT2D eigenvalue weighted by Gasteiger charge is 2.47. The van der Waals surface area contributed by atoms with Gasteiger partial charge in [-0.3, -0.25) is 24.1 Å². The van der Waals surface area contributed by atoms with Crippen molar-refractivity contribution in [2.24, 2.45) is 11.8 Å². The number of rotatable bonds is 5. The number of amides is 3. The number of nitrogens with one attached hydrogen (secondary N) is 1. The van der Waals surface area contributed by atoms with E-state index >= 15 is 0 Å². The van der Waals surface area contributed by atoms with Crippen LogP contribution in [0.3, 0.4) is 0 Å². The highest BCUT2D eigenvalue weighted by molar-refractivity contribution is 6.07. The van der Waals surface area contributed by atoms with Crippen LogP contribution in [0.2, 0.25) is 0 Å². The van der Waals surface area contributed by atoms with Crippen molar-refractivity contribution in [1.82, 2.24) is 4.90 Å². The first kappa shape index (κ1) is 20.8. The molecule has 0 unspecified atom stereocenters. The number of ether oxygens (including phenoxy) is 1. The Morgan fingerprint density at radius 3 is 2.10 bits per heavy atom. The maximum atomic E-state index is 12.5. The molecule has 1 saturated heterocycles. The molecular weight excluding hydrogens is 372 g/mol. The number of aryl methyl sites for hydroxylation is 3. The van der Waals surface area contributed by atoms with E-state index in [4.69, 9.17) is 4.74 Å². The first-order chi connectivity index (χ1) is 13.7. The molecule has 0 saturated carbocycles. The zero-order valence-electron chi connectivity index (χ0n) is 17.2. The number of esters is 1. The van der Waals surface area contributed by atoms with Gasteiger partial charge in [0, 0.05) is 5.69 Å². The quantitative estimate of drug-likeness (QED) is 0.467. The van der Waals surface area contributed by atoms with Crippen molar-refractivity contribution >= 4 is 29.4 Å². The van der Waals surface area contributed by atoms with Gasteiger partial charge in [-0.05, 0) is 51.7 Å². The Balaban J connectivity index is 1.59. The number of fused-ring (bicyclic) bond motifs is 1. The van der Waals surface area contributed by atoms with E-state index in [-0.39, 0.29) is 11.8 Å². The summed E-state index contributed by atoms with van der Waals surface area (Å²) in [5.41, 5.74) is 3.61. The van der Waals surface area contributed by atoms with Gasteiger partial charge in [0.1, 0.15) is 6.54 Å². The molecule has 3 amide bonds. The molecule has 0 bridgehead atoms. The fourth-order valence-corrected chi connectivity index (χ4v) is 4.04. The number of hydrogen-bond acceptors (Lipinski definition) is 5. The van der Waals surface area contributed by atoms with Gasteiger partial charge in [-0.15, -0.1) is 0 Å². The highest BCUT2D eigenvalue weighted by Crippen LogP contribution is 2.34. The molecule has 7 nitrogen and oxygen atoms in total. The van der Waals surface area contributed by atoms with Gasteiger partial charge in [0.05, 0.1) is 11.8 Å². The van der Waals surface area contributed by atoms with Crippen LogP contribution in [0, 0.1) is 32.6 Å². The van der Waals surface area contributed by atoms with Gasteiger partial charge in [0.2, 0.25) is 11.8 Å². The van der Waals surface area contributed by atoms with Crippen LogP contribution in [0.5, 0.6) is 0 Å². The van der Waals surface area contributed by atoms with Crippen molar-refractivity contribution in [2.45, 2.75) is 46.6 Å². The molecule has 1 aromatic rings. The van der Waals surface area contributed by atoms with Crippen LogP contribution < -0.4 is 5.32 Å². The Morgan fingerprint density at radius 2 is 1.59 bits per heavy atom. The fraction of sp³-hybridized carbons (Fsp3) is 0.455. The van der Waals surface area contributed by atoms with Crippen LogP contribution in [0.25, 0.3) is 0 Å². The van der Waals surface area contributed by atoms with Gasteiger partial charge in [-0.25, -0.2) is 0 Å². The SMILES string of the molecule is Cc1cc(C)c(NC(=O)[C@@H](C)OC(=O)CN2C(=O)[C@H]3CC=CC[C@H]3C2=O)c(C)c1. The fourth-order valence-electron chi connectivity index (χ4n) is 4.04. The number of carbonyl (C=O) groups excluding carboxylic acids is 4. The van der Waals surface area contributed by atoms with Crippen LogP contribution in [-0.4, -0.2) is 41.2 Å². The molecule has 2 aliphatic rings. The Hall–Kier alpha value is -2.96. The van der Waals surface area contributed by atoms with E-state index in [0.29, 0.717) is 18.5 Å². The standard InChI is InChI=1S/C22H26N2O5/c1-12-9-13(2)19(14(3)10-12)23-20(26)15(4)29-18(25)11-24-21(27)16-7-5-6-8-17(16)22(24)28/h5-6,9-10,15-17H,7-8,11H2,1-4H3,(H,23,26)/t15-,16-,17+/m1/s1. The molecule has 1 aromatic carbocycles. The van der Waals surface area contributed by atoms with Crippen LogP contribution in [0.15, 0.2) is 24.3 Å². The summed E-state index contributed by atoms with van der Waals surface area (Å²) in [6.45, 7) is 6.76. The van der Waals surface area contributed by atoms with E-state index in [9.17, 15) is 19.2 Å². The lowest BCUT2D eigenvalue weighted by Crippen LogP contribution is -2.39. The van der Waals surface area contributed by atoms with E-state index < -0.39 is 36.4 Å². The summed E-state index contributed by atoms with van der Waals surface area (Å²) >= 11 is 0. The number of hydrogen-bond donors (Lipinski definition) is 1. The van der Waals surface area contributed by atoms with Crippen molar-refractivity contribution in [3.63, 3.8) is 0 Å². The Labute approximate surface area is 170 Å². The summed E-state index contributed by atoms with van der Waals surface area (Å²) in [6.07, 6.45) is 3.73. The van der Waals surface area contributed by atoms with E-state index in [1.807, 2.05) is 45.1 Å². The van der Waals surface area contributed by atoms with Crippen molar-refractivity contribution in [1.29, 1.82) is 0 Å². The molecule has 1 aliphatic heterocycles. The average molecular weight is 398 g/mol. The summed E-state index contributed by atoms with van der Waals surface area (Å²) < 4.78 is 5.19. The summed E-state index contributed by atoms with van der Waals surface area (Å²) in [6, 6.07) is 3.91. The number of allylic oxidation sites excluding steroid dienone is 2. The van der Waals surface area contributed by atoms with E-state index in [1.54, 1.807) is 0 Å². The molecule has 3 atom stereocenters. The molecule has 3 rings (SSSR count). The van der Waals surface area contributed by atoms with Gasteiger partial charge < -0.3 is 10.1 Å². The molecule has 0 radical (unpaired) electrons. The normalized spacial score (nSPS) is 21.7. The number of imide groups is 1. The number of anilines is 1. The minimum Gasteiger partial charge on any atom is -0.451 e. The lowest BCUT2D eigenvalue weighted by Gasteiger charge is -2.18. The predicted octanol–water partition coefficient (Wildman–Crippen LogP) is 2.43. The monoisotopic (exact) mass is 398 g/mol. The van der Waals surface area contributed by atoms with Gasteiger partial charge in [-0.1, -0.05) is 29.8 Å². The zero-order valence-corrected chi connectivity index (χ0v) is 17.2. The second kappa shape index (κ2) is 8.19. The molecule has 7 heteroatoms. The van der Waals surface area contributed by atoms with Gasteiger partial charge in [-0.2, -0.15) is 0 Å². The maximum Gasteiger partial charge on any atom is 0.326 e. The average Bonchev–Trinajstić information content (AvgIpc) is 2.89. The van der Waals surface area contributed by atoms with Crippen molar-refractivity contribution in [3.8, 4) is 0 Å². The third-order valence-electron chi connectivity index (χ3n) is 5.49. The van der Waals surface area contributed by atoms with Gasteiger partial charge in [0.25, 0.3) is 5.91 Å². The highest BCUT2D eigenvalue weighted by atomic mass is 16.5. The molecule has 1 heterocycles. The smallest absolute Gasteiger partial charge is 0.326 e. The first-order valence-electron chi connectivity index (χ1n) is 9.77. The minimum atomic E-state index is -1.06. The van der Waals surface area contributed by atoms with Crippen LogP contribution >= 0.6 is 0 Å². The topological polar surface area (TPSA) is 92.8 Å². The summed E-state index contributed by atoms with van der Waals surface area (Å²) in [7, 11) is 0. The second-order valence-electron chi connectivity index (χ2n) is 7.81. The molecule has 0 aromatic heterocycles. The minimum absolute atomic E-state index is 0.343. The number of nitrogens with zero attached hydrogens (tertiary/aromatic N) is 1. The Kier molecular flexibility index (Phi) is 5.86.